The first-order valence-corrected chi connectivity index (χ1v) is 13.3. The van der Waals surface area contributed by atoms with Crippen molar-refractivity contribution in [2.75, 3.05) is 20.7 Å². The van der Waals surface area contributed by atoms with Crippen LogP contribution in [0.5, 0.6) is 17.2 Å². The van der Waals surface area contributed by atoms with E-state index in [1.54, 1.807) is 84.0 Å². The van der Waals surface area contributed by atoms with Crippen LogP contribution >= 0.6 is 0 Å². The molecular formula is C33H42O8. The summed E-state index contributed by atoms with van der Waals surface area (Å²) >= 11 is 0. The molecule has 0 radical (unpaired) electrons. The van der Waals surface area contributed by atoms with E-state index in [1.165, 1.54) is 13.2 Å². The van der Waals surface area contributed by atoms with Gasteiger partial charge in [-0.3, -0.25) is 14.4 Å². The molecule has 0 aliphatic rings. The monoisotopic (exact) mass is 566 g/mol. The van der Waals surface area contributed by atoms with Crippen LogP contribution in [-0.4, -0.2) is 38.4 Å². The van der Waals surface area contributed by atoms with Crippen molar-refractivity contribution in [3.05, 3.63) is 71.8 Å². The van der Waals surface area contributed by atoms with Gasteiger partial charge in [0.05, 0.1) is 17.9 Å². The minimum absolute atomic E-state index is 0.217. The Bertz CT molecular complexity index is 1270. The predicted molar refractivity (Wildman–Crippen MR) is 158 cm³/mol. The molecule has 8 nitrogen and oxygen atoms in total. The summed E-state index contributed by atoms with van der Waals surface area (Å²) in [6.45, 7) is 18.0. The van der Waals surface area contributed by atoms with Gasteiger partial charge in [0.1, 0.15) is 17.2 Å². The number of benzene rings is 2. The van der Waals surface area contributed by atoms with E-state index in [2.05, 4.69) is 6.58 Å². The van der Waals surface area contributed by atoms with Crippen molar-refractivity contribution in [3.8, 4) is 17.2 Å². The van der Waals surface area contributed by atoms with Crippen LogP contribution in [0.25, 0.3) is 6.08 Å². The second kappa shape index (κ2) is 13.5. The van der Waals surface area contributed by atoms with E-state index < -0.39 is 16.2 Å². The predicted octanol–water partition coefficient (Wildman–Crippen LogP) is 6.91. The van der Waals surface area contributed by atoms with Gasteiger partial charge >= 0.3 is 11.9 Å². The second-order valence-corrected chi connectivity index (χ2v) is 12.1. The van der Waals surface area contributed by atoms with E-state index in [0.29, 0.717) is 28.4 Å². The molecule has 0 heterocycles. The third-order valence-electron chi connectivity index (χ3n) is 6.13. The van der Waals surface area contributed by atoms with Crippen LogP contribution in [-0.2, 0) is 24.5 Å². The van der Waals surface area contributed by atoms with Crippen molar-refractivity contribution in [3.63, 3.8) is 0 Å². The van der Waals surface area contributed by atoms with Gasteiger partial charge in [-0.15, -0.1) is 6.58 Å². The largest absolute Gasteiger partial charge is 0.496 e. The van der Waals surface area contributed by atoms with Gasteiger partial charge in [-0.25, -0.2) is 0 Å². The maximum atomic E-state index is 12.9. The van der Waals surface area contributed by atoms with Crippen LogP contribution in [0.15, 0.2) is 55.1 Å². The summed E-state index contributed by atoms with van der Waals surface area (Å²) < 4.78 is 27.3. The van der Waals surface area contributed by atoms with E-state index in [4.69, 9.17) is 23.7 Å². The van der Waals surface area contributed by atoms with Crippen molar-refractivity contribution >= 4 is 23.8 Å². The highest BCUT2D eigenvalue weighted by Crippen LogP contribution is 2.38. The fourth-order valence-corrected chi connectivity index (χ4v) is 3.33. The number of carbonyl (C=O) groups excluding carboxylic acids is 3. The van der Waals surface area contributed by atoms with Crippen molar-refractivity contribution in [1.82, 2.24) is 0 Å². The van der Waals surface area contributed by atoms with Gasteiger partial charge in [0.15, 0.2) is 5.78 Å². The fraction of sp³-hybridized carbons (Fsp3) is 0.424. The number of hydrogen-bond acceptors (Lipinski definition) is 8. The zero-order chi connectivity index (χ0) is 31.0. The molecule has 0 saturated carbocycles. The molecule has 2 aromatic carbocycles. The van der Waals surface area contributed by atoms with E-state index in [0.717, 1.165) is 5.56 Å². The summed E-state index contributed by atoms with van der Waals surface area (Å²) in [5, 5.41) is 0. The highest BCUT2D eigenvalue weighted by molar-refractivity contribution is 6.07. The highest BCUT2D eigenvalue weighted by atomic mass is 16.7. The third kappa shape index (κ3) is 9.52. The lowest BCUT2D eigenvalue weighted by Crippen LogP contribution is -2.25. The molecular weight excluding hydrogens is 524 g/mol. The molecule has 0 bridgehead atoms. The van der Waals surface area contributed by atoms with Crippen molar-refractivity contribution in [2.45, 2.75) is 60.8 Å². The molecule has 0 aromatic heterocycles. The molecule has 0 saturated heterocycles. The van der Waals surface area contributed by atoms with Crippen LogP contribution in [0.3, 0.4) is 0 Å². The van der Waals surface area contributed by atoms with Gasteiger partial charge in [-0.2, -0.15) is 0 Å². The van der Waals surface area contributed by atoms with E-state index >= 15 is 0 Å². The lowest BCUT2D eigenvalue weighted by molar-refractivity contribution is -0.160. The number of ketones is 1. The Morgan fingerprint density at radius 3 is 1.80 bits per heavy atom. The first-order valence-electron chi connectivity index (χ1n) is 13.3. The molecule has 0 atom stereocenters. The number of carbonyl (C=O) groups is 3. The van der Waals surface area contributed by atoms with Gasteiger partial charge in [0.2, 0.25) is 13.6 Å². The molecule has 2 aromatic rings. The molecule has 222 valence electrons. The number of methoxy groups -OCH3 is 1. The Morgan fingerprint density at radius 1 is 0.780 bits per heavy atom. The molecule has 0 fully saturated rings. The summed E-state index contributed by atoms with van der Waals surface area (Å²) in [6, 6.07) is 10.1. The summed E-state index contributed by atoms with van der Waals surface area (Å²) in [5.41, 5.74) is 0.113. The maximum absolute atomic E-state index is 12.9. The molecule has 2 rings (SSSR count). The summed E-state index contributed by atoms with van der Waals surface area (Å²) in [7, 11) is 1.52. The van der Waals surface area contributed by atoms with Crippen LogP contribution in [0, 0.1) is 10.8 Å². The Labute approximate surface area is 243 Å². The lowest BCUT2D eigenvalue weighted by Gasteiger charge is -2.25. The molecule has 41 heavy (non-hydrogen) atoms. The molecule has 0 amide bonds. The van der Waals surface area contributed by atoms with E-state index in [9.17, 15) is 14.4 Å². The van der Waals surface area contributed by atoms with Crippen LogP contribution < -0.4 is 14.2 Å². The Hall–Kier alpha value is -4.07. The van der Waals surface area contributed by atoms with E-state index in [-0.39, 0.29) is 31.3 Å². The minimum atomic E-state index is -0.653. The molecule has 0 aliphatic heterocycles. The molecule has 0 unspecified atom stereocenters. The third-order valence-corrected chi connectivity index (χ3v) is 6.13. The number of allylic oxidation sites excluding steroid dienone is 2. The Kier molecular flexibility index (Phi) is 10.9. The van der Waals surface area contributed by atoms with Gasteiger partial charge in [-0.1, -0.05) is 19.9 Å². The van der Waals surface area contributed by atoms with Gasteiger partial charge in [0.25, 0.3) is 0 Å². The highest BCUT2D eigenvalue weighted by Gasteiger charge is 2.26. The van der Waals surface area contributed by atoms with Gasteiger partial charge in [-0.05, 0) is 84.0 Å². The van der Waals surface area contributed by atoms with Crippen molar-refractivity contribution in [1.29, 1.82) is 0 Å². The quantitative estimate of drug-likeness (QED) is 0.0899. The topological polar surface area (TPSA) is 97.4 Å². The van der Waals surface area contributed by atoms with E-state index in [1.807, 2.05) is 19.9 Å². The molecule has 8 heteroatoms. The van der Waals surface area contributed by atoms with Crippen molar-refractivity contribution in [2.24, 2.45) is 10.8 Å². The summed E-state index contributed by atoms with van der Waals surface area (Å²) in [6.07, 6.45) is 4.91. The number of hydrogen-bond donors (Lipinski definition) is 0. The zero-order valence-corrected chi connectivity index (χ0v) is 25.6. The normalized spacial score (nSPS) is 12.0. The maximum Gasteiger partial charge on any atom is 0.314 e. The SMILES string of the molecule is C=CC(C)(C)c1cc(/C=C/C(=O)c2ccc(OCOC(=O)C(C)(C)C)cc2)c(OC)cc1OCOC(=O)C(C)(C)C. The van der Waals surface area contributed by atoms with Crippen LogP contribution in [0.4, 0.5) is 0 Å². The average Bonchev–Trinajstić information content (AvgIpc) is 2.90. The first kappa shape index (κ1) is 33.1. The summed E-state index contributed by atoms with van der Waals surface area (Å²) in [5.74, 6) is 0.443. The average molecular weight is 567 g/mol. The van der Waals surface area contributed by atoms with Crippen LogP contribution in [0.1, 0.15) is 76.9 Å². The standard InChI is InChI=1S/C33H42O8/c1-11-33(8,9)25-18-23(27(37-10)19-28(25)39-21-41-30(36)32(5,6)7)14-17-26(34)22-12-15-24(16-13-22)38-20-40-29(35)31(2,3)4/h11-19H,1,20-21H2,2-10H3/b17-14+. The molecule has 0 spiro atoms. The second-order valence-electron chi connectivity index (χ2n) is 12.1. The number of ether oxygens (including phenoxy) is 5. The minimum Gasteiger partial charge on any atom is -0.496 e. The fourth-order valence-electron chi connectivity index (χ4n) is 3.33. The first-order chi connectivity index (χ1) is 19.0. The molecule has 0 aliphatic carbocycles. The van der Waals surface area contributed by atoms with Crippen molar-refractivity contribution < 1.29 is 38.1 Å². The number of esters is 2. The Balaban J connectivity index is 2.21. The molecule has 0 N–H and O–H groups in total. The van der Waals surface area contributed by atoms with Crippen LogP contribution in [0.2, 0.25) is 0 Å². The summed E-state index contributed by atoms with van der Waals surface area (Å²) in [4.78, 5) is 36.9. The smallest absolute Gasteiger partial charge is 0.314 e. The van der Waals surface area contributed by atoms with Gasteiger partial charge < -0.3 is 23.7 Å². The van der Waals surface area contributed by atoms with Gasteiger partial charge in [0, 0.05) is 28.2 Å². The zero-order valence-electron chi connectivity index (χ0n) is 25.6. The lowest BCUT2D eigenvalue weighted by atomic mass is 9.83. The number of rotatable bonds is 12. The Morgan fingerprint density at radius 2 is 1.32 bits per heavy atom.